The van der Waals surface area contributed by atoms with Gasteiger partial charge in [-0.25, -0.2) is 0 Å². The summed E-state index contributed by atoms with van der Waals surface area (Å²) in [5.41, 5.74) is 2.66. The van der Waals surface area contributed by atoms with Gasteiger partial charge in [0.1, 0.15) is 18.5 Å². The zero-order chi connectivity index (χ0) is 14.7. The van der Waals surface area contributed by atoms with E-state index in [9.17, 15) is 4.79 Å². The summed E-state index contributed by atoms with van der Waals surface area (Å²) >= 11 is 0. The molecule has 1 fully saturated rings. The van der Waals surface area contributed by atoms with Gasteiger partial charge in [0.2, 0.25) is 0 Å². The van der Waals surface area contributed by atoms with Gasteiger partial charge < -0.3 is 9.47 Å². The lowest BCUT2D eigenvalue weighted by Gasteiger charge is -2.15. The first-order valence-electron chi connectivity index (χ1n) is 7.25. The molecule has 2 aromatic rings. The van der Waals surface area contributed by atoms with Crippen molar-refractivity contribution < 1.29 is 14.3 Å². The molecule has 0 spiro atoms. The van der Waals surface area contributed by atoms with Crippen LogP contribution in [0.1, 0.15) is 23.7 Å². The number of ether oxygens (including phenoxy) is 2. The monoisotopic (exact) mass is 282 g/mol. The second-order valence-electron chi connectivity index (χ2n) is 5.09. The van der Waals surface area contributed by atoms with Crippen molar-refractivity contribution in [3.63, 3.8) is 0 Å². The normalized spacial score (nSPS) is 16.5. The molecule has 0 aromatic heterocycles. The van der Waals surface area contributed by atoms with E-state index in [2.05, 4.69) is 0 Å². The number of epoxide rings is 1. The van der Waals surface area contributed by atoms with Crippen molar-refractivity contribution in [1.82, 2.24) is 0 Å². The van der Waals surface area contributed by atoms with Crippen molar-refractivity contribution in [2.75, 3.05) is 13.2 Å². The Kier molecular flexibility index (Phi) is 4.02. The smallest absolute Gasteiger partial charge is 0.166 e. The fraction of sp³-hybridized carbons (Fsp3) is 0.278. The van der Waals surface area contributed by atoms with E-state index in [1.165, 1.54) is 0 Å². The van der Waals surface area contributed by atoms with Gasteiger partial charge in [0, 0.05) is 12.0 Å². The Labute approximate surface area is 124 Å². The fourth-order valence-electron chi connectivity index (χ4n) is 2.29. The molecular formula is C18H18O3. The maximum absolute atomic E-state index is 12.2. The van der Waals surface area contributed by atoms with E-state index in [1.54, 1.807) is 0 Å². The summed E-state index contributed by atoms with van der Waals surface area (Å²) in [6.07, 6.45) is 0.632. The lowest BCUT2D eigenvalue weighted by molar-refractivity contribution is 0.0983. The SMILES string of the molecule is CCC(=O)c1cccc(-c2ccccc2)c1OCC1CO1. The van der Waals surface area contributed by atoms with Gasteiger partial charge in [-0.3, -0.25) is 4.79 Å². The molecule has 1 aliphatic heterocycles. The molecule has 0 amide bonds. The van der Waals surface area contributed by atoms with Crippen molar-refractivity contribution in [2.45, 2.75) is 19.4 Å². The number of hydrogen-bond acceptors (Lipinski definition) is 3. The summed E-state index contributed by atoms with van der Waals surface area (Å²) in [5, 5.41) is 0. The van der Waals surface area contributed by atoms with Crippen LogP contribution in [-0.4, -0.2) is 25.1 Å². The van der Waals surface area contributed by atoms with Crippen LogP contribution in [0.15, 0.2) is 48.5 Å². The minimum Gasteiger partial charge on any atom is -0.489 e. The third-order valence-electron chi connectivity index (χ3n) is 3.54. The van der Waals surface area contributed by atoms with E-state index in [1.807, 2.05) is 55.5 Å². The van der Waals surface area contributed by atoms with Crippen LogP contribution in [0.25, 0.3) is 11.1 Å². The molecule has 2 aromatic carbocycles. The van der Waals surface area contributed by atoms with Gasteiger partial charge in [0.15, 0.2) is 5.78 Å². The van der Waals surface area contributed by atoms with E-state index in [-0.39, 0.29) is 11.9 Å². The van der Waals surface area contributed by atoms with Crippen LogP contribution in [0.2, 0.25) is 0 Å². The molecule has 0 aliphatic carbocycles. The highest BCUT2D eigenvalue weighted by atomic mass is 16.6. The van der Waals surface area contributed by atoms with Crippen molar-refractivity contribution in [2.24, 2.45) is 0 Å². The zero-order valence-electron chi connectivity index (χ0n) is 12.0. The fourth-order valence-corrected chi connectivity index (χ4v) is 2.29. The Hall–Kier alpha value is -2.13. The molecule has 0 saturated carbocycles. The molecule has 21 heavy (non-hydrogen) atoms. The number of ketones is 1. The standard InChI is InChI=1S/C18H18O3/c1-2-17(19)16-10-6-9-15(13-7-4-3-5-8-13)18(16)21-12-14-11-20-14/h3-10,14H,2,11-12H2,1H3. The molecule has 1 heterocycles. The van der Waals surface area contributed by atoms with Gasteiger partial charge >= 0.3 is 0 Å². The molecule has 3 nitrogen and oxygen atoms in total. The molecule has 0 radical (unpaired) electrons. The van der Waals surface area contributed by atoms with Crippen LogP contribution < -0.4 is 4.74 Å². The van der Waals surface area contributed by atoms with Crippen molar-refractivity contribution in [1.29, 1.82) is 0 Å². The molecule has 1 aliphatic rings. The van der Waals surface area contributed by atoms with E-state index >= 15 is 0 Å². The molecular weight excluding hydrogens is 264 g/mol. The molecule has 108 valence electrons. The van der Waals surface area contributed by atoms with Crippen LogP contribution in [0, 0.1) is 0 Å². The molecule has 1 saturated heterocycles. The number of carbonyl (C=O) groups is 1. The molecule has 1 atom stereocenters. The minimum absolute atomic E-state index is 0.0968. The Bertz CT molecular complexity index is 630. The van der Waals surface area contributed by atoms with E-state index in [0.717, 1.165) is 17.7 Å². The number of benzene rings is 2. The third-order valence-corrected chi connectivity index (χ3v) is 3.54. The number of hydrogen-bond donors (Lipinski definition) is 0. The maximum atomic E-state index is 12.2. The maximum Gasteiger partial charge on any atom is 0.166 e. The van der Waals surface area contributed by atoms with Crippen LogP contribution in [0.4, 0.5) is 0 Å². The largest absolute Gasteiger partial charge is 0.489 e. The topological polar surface area (TPSA) is 38.8 Å². The highest BCUT2D eigenvalue weighted by molar-refractivity contribution is 6.00. The second-order valence-corrected chi connectivity index (χ2v) is 5.09. The van der Waals surface area contributed by atoms with Crippen molar-refractivity contribution in [3.8, 4) is 16.9 Å². The molecule has 0 bridgehead atoms. The Balaban J connectivity index is 2.02. The third kappa shape index (κ3) is 3.14. The average molecular weight is 282 g/mol. The minimum atomic E-state index is 0.0968. The van der Waals surface area contributed by atoms with Crippen molar-refractivity contribution in [3.05, 3.63) is 54.1 Å². The first-order valence-corrected chi connectivity index (χ1v) is 7.25. The van der Waals surface area contributed by atoms with Gasteiger partial charge in [-0.15, -0.1) is 0 Å². The predicted molar refractivity (Wildman–Crippen MR) is 81.7 cm³/mol. The Morgan fingerprint density at radius 3 is 2.62 bits per heavy atom. The van der Waals surface area contributed by atoms with Gasteiger partial charge in [0.05, 0.1) is 12.2 Å². The summed E-state index contributed by atoms with van der Waals surface area (Å²) in [5.74, 6) is 0.769. The van der Waals surface area contributed by atoms with Crippen LogP contribution in [0.3, 0.4) is 0 Å². The average Bonchev–Trinajstić information content (AvgIpc) is 3.37. The van der Waals surface area contributed by atoms with Gasteiger partial charge in [-0.2, -0.15) is 0 Å². The first kappa shape index (κ1) is 13.8. The molecule has 3 heteroatoms. The second kappa shape index (κ2) is 6.10. The van der Waals surface area contributed by atoms with Crippen molar-refractivity contribution >= 4 is 5.78 Å². The van der Waals surface area contributed by atoms with Crippen LogP contribution in [0.5, 0.6) is 5.75 Å². The van der Waals surface area contributed by atoms with E-state index in [4.69, 9.17) is 9.47 Å². The number of para-hydroxylation sites is 1. The van der Waals surface area contributed by atoms with E-state index < -0.39 is 0 Å². The van der Waals surface area contributed by atoms with Gasteiger partial charge in [0.25, 0.3) is 0 Å². The first-order chi connectivity index (χ1) is 10.3. The lowest BCUT2D eigenvalue weighted by atomic mass is 9.98. The predicted octanol–water partition coefficient (Wildman–Crippen LogP) is 3.72. The Morgan fingerprint density at radius 2 is 1.95 bits per heavy atom. The number of rotatable bonds is 6. The Morgan fingerprint density at radius 1 is 1.19 bits per heavy atom. The lowest BCUT2D eigenvalue weighted by Crippen LogP contribution is -2.09. The zero-order valence-corrected chi connectivity index (χ0v) is 12.0. The number of carbonyl (C=O) groups excluding carboxylic acids is 1. The van der Waals surface area contributed by atoms with Gasteiger partial charge in [-0.1, -0.05) is 49.4 Å². The van der Waals surface area contributed by atoms with E-state index in [0.29, 0.717) is 24.3 Å². The highest BCUT2D eigenvalue weighted by Gasteiger charge is 2.25. The molecule has 3 rings (SSSR count). The summed E-state index contributed by atoms with van der Waals surface area (Å²) in [7, 11) is 0. The van der Waals surface area contributed by atoms with Crippen LogP contribution >= 0.6 is 0 Å². The molecule has 1 unspecified atom stereocenters. The van der Waals surface area contributed by atoms with Crippen LogP contribution in [-0.2, 0) is 4.74 Å². The summed E-state index contributed by atoms with van der Waals surface area (Å²) in [4.78, 5) is 12.2. The number of Topliss-reactive ketones (excluding diaryl/α,β-unsaturated/α-hetero) is 1. The van der Waals surface area contributed by atoms with Gasteiger partial charge in [-0.05, 0) is 11.6 Å². The summed E-state index contributed by atoms with van der Waals surface area (Å²) < 4.78 is 11.1. The quantitative estimate of drug-likeness (QED) is 0.598. The molecule has 0 N–H and O–H groups in total. The summed E-state index contributed by atoms with van der Waals surface area (Å²) in [6, 6.07) is 15.7. The highest BCUT2D eigenvalue weighted by Crippen LogP contribution is 2.34. The summed E-state index contributed by atoms with van der Waals surface area (Å²) in [6.45, 7) is 3.10.